The molecule has 0 spiro atoms. The summed E-state index contributed by atoms with van der Waals surface area (Å²) in [4.78, 5) is 25.1. The van der Waals surface area contributed by atoms with E-state index in [1.54, 1.807) is 6.07 Å². The molecule has 178 valence electrons. The fourth-order valence-corrected chi connectivity index (χ4v) is 6.85. The van der Waals surface area contributed by atoms with Crippen LogP contribution in [0.3, 0.4) is 0 Å². The van der Waals surface area contributed by atoms with Gasteiger partial charge in [-0.25, -0.2) is 9.59 Å². The predicted molar refractivity (Wildman–Crippen MR) is 129 cm³/mol. The molecular weight excluding hydrogens is 400 g/mol. The summed E-state index contributed by atoms with van der Waals surface area (Å²) in [6, 6.07) is 3.55. The summed E-state index contributed by atoms with van der Waals surface area (Å²) >= 11 is 0. The van der Waals surface area contributed by atoms with Crippen LogP contribution in [0.5, 0.6) is 0 Å². The van der Waals surface area contributed by atoms with Gasteiger partial charge in [-0.15, -0.1) is 0 Å². The molecule has 2 N–H and O–H groups in total. The number of rotatable bonds is 6. The van der Waals surface area contributed by atoms with Crippen LogP contribution >= 0.6 is 0 Å². The van der Waals surface area contributed by atoms with E-state index >= 15 is 0 Å². The SMILES string of the molecule is CC1CCC(C(C)C)C(c2ccc(C(=O)O)c(C3CC(C)CCC3C(C)C)c2C(=O)O)C1. The van der Waals surface area contributed by atoms with Gasteiger partial charge in [0.1, 0.15) is 0 Å². The Bertz CT molecular complexity index is 840. The van der Waals surface area contributed by atoms with E-state index in [0.717, 1.165) is 37.7 Å². The molecule has 6 unspecified atom stereocenters. The van der Waals surface area contributed by atoms with Gasteiger partial charge in [-0.2, -0.15) is 0 Å². The lowest BCUT2D eigenvalue weighted by Crippen LogP contribution is -2.31. The average Bonchev–Trinajstić information content (AvgIpc) is 2.71. The molecular formula is C28H42O4. The maximum Gasteiger partial charge on any atom is 0.336 e. The van der Waals surface area contributed by atoms with Crippen LogP contribution in [0.15, 0.2) is 12.1 Å². The van der Waals surface area contributed by atoms with Crippen LogP contribution in [0, 0.1) is 35.5 Å². The number of aromatic carboxylic acids is 2. The van der Waals surface area contributed by atoms with Gasteiger partial charge < -0.3 is 10.2 Å². The molecule has 0 saturated heterocycles. The minimum Gasteiger partial charge on any atom is -0.478 e. The zero-order valence-electron chi connectivity index (χ0n) is 20.7. The lowest BCUT2D eigenvalue weighted by Gasteiger charge is -2.41. The third kappa shape index (κ3) is 4.89. The highest BCUT2D eigenvalue weighted by Gasteiger charge is 2.40. The lowest BCUT2D eigenvalue weighted by molar-refractivity contribution is 0.0685. The highest BCUT2D eigenvalue weighted by molar-refractivity contribution is 5.98. The maximum absolute atomic E-state index is 12.8. The molecule has 0 heterocycles. The Hall–Kier alpha value is -1.84. The molecule has 2 saturated carbocycles. The molecule has 3 rings (SSSR count). The maximum atomic E-state index is 12.8. The van der Waals surface area contributed by atoms with Gasteiger partial charge in [0.15, 0.2) is 0 Å². The average molecular weight is 443 g/mol. The lowest BCUT2D eigenvalue weighted by atomic mass is 9.63. The smallest absolute Gasteiger partial charge is 0.336 e. The standard InChI is InChI=1S/C28H42O4/c1-15(2)19-9-7-17(5)13-23(19)21-11-12-22(27(29)30)25(26(21)28(31)32)24-14-18(6)8-10-20(24)16(3)4/h11-12,15-20,23-24H,7-10,13-14H2,1-6H3,(H,29,30)(H,31,32). The van der Waals surface area contributed by atoms with Crippen LogP contribution in [0.2, 0.25) is 0 Å². The van der Waals surface area contributed by atoms with Crippen LogP contribution < -0.4 is 0 Å². The van der Waals surface area contributed by atoms with Gasteiger partial charge >= 0.3 is 11.9 Å². The van der Waals surface area contributed by atoms with E-state index in [4.69, 9.17) is 0 Å². The zero-order valence-corrected chi connectivity index (χ0v) is 20.7. The Morgan fingerprint density at radius 3 is 1.75 bits per heavy atom. The minimum atomic E-state index is -1.01. The molecule has 1 aromatic rings. The highest BCUT2D eigenvalue weighted by Crippen LogP contribution is 2.50. The van der Waals surface area contributed by atoms with Gasteiger partial charge in [0, 0.05) is 0 Å². The van der Waals surface area contributed by atoms with E-state index < -0.39 is 11.9 Å². The van der Waals surface area contributed by atoms with Gasteiger partial charge in [0.05, 0.1) is 11.1 Å². The van der Waals surface area contributed by atoms with Crippen LogP contribution in [0.25, 0.3) is 0 Å². The van der Waals surface area contributed by atoms with Crippen molar-refractivity contribution >= 4 is 11.9 Å². The second-order valence-corrected chi connectivity index (χ2v) is 11.5. The molecule has 4 heteroatoms. The van der Waals surface area contributed by atoms with E-state index in [2.05, 4.69) is 41.5 Å². The van der Waals surface area contributed by atoms with Crippen molar-refractivity contribution in [3.8, 4) is 0 Å². The summed E-state index contributed by atoms with van der Waals surface area (Å²) in [6.45, 7) is 13.3. The van der Waals surface area contributed by atoms with E-state index in [9.17, 15) is 19.8 Å². The zero-order chi connectivity index (χ0) is 23.7. The van der Waals surface area contributed by atoms with Gasteiger partial charge in [-0.05, 0) is 90.2 Å². The number of benzene rings is 1. The summed E-state index contributed by atoms with van der Waals surface area (Å²) in [5.74, 6) is 0.804. The van der Waals surface area contributed by atoms with E-state index in [1.165, 1.54) is 6.42 Å². The molecule has 2 aliphatic carbocycles. The van der Waals surface area contributed by atoms with Crippen molar-refractivity contribution in [3.05, 3.63) is 34.4 Å². The first kappa shape index (κ1) is 24.8. The first-order chi connectivity index (χ1) is 15.0. The van der Waals surface area contributed by atoms with E-state index in [1.807, 2.05) is 6.07 Å². The van der Waals surface area contributed by atoms with Crippen molar-refractivity contribution < 1.29 is 19.8 Å². The van der Waals surface area contributed by atoms with Crippen molar-refractivity contribution in [2.24, 2.45) is 35.5 Å². The summed E-state index contributed by atoms with van der Waals surface area (Å²) in [6.07, 6.45) is 6.27. The van der Waals surface area contributed by atoms with Crippen LogP contribution in [0.1, 0.15) is 124 Å². The quantitative estimate of drug-likeness (QED) is 0.480. The summed E-state index contributed by atoms with van der Waals surface area (Å²) < 4.78 is 0. The summed E-state index contributed by atoms with van der Waals surface area (Å²) in [5.41, 5.74) is 1.98. The fraction of sp³-hybridized carbons (Fsp3) is 0.714. The molecule has 2 aliphatic rings. The molecule has 0 aliphatic heterocycles. The van der Waals surface area contributed by atoms with Crippen LogP contribution in [0.4, 0.5) is 0 Å². The molecule has 6 atom stereocenters. The number of carbonyl (C=O) groups is 2. The molecule has 0 radical (unpaired) electrons. The van der Waals surface area contributed by atoms with Gasteiger partial charge in [0.25, 0.3) is 0 Å². The Labute approximate surface area is 193 Å². The third-order valence-electron chi connectivity index (χ3n) is 8.54. The van der Waals surface area contributed by atoms with Crippen molar-refractivity contribution in [2.75, 3.05) is 0 Å². The second-order valence-electron chi connectivity index (χ2n) is 11.5. The van der Waals surface area contributed by atoms with Crippen molar-refractivity contribution in [3.63, 3.8) is 0 Å². The number of carboxylic acid groups (broad SMARTS) is 2. The number of hydrogen-bond acceptors (Lipinski definition) is 2. The van der Waals surface area contributed by atoms with Crippen molar-refractivity contribution in [1.82, 2.24) is 0 Å². The Kier molecular flexibility index (Phi) is 7.73. The third-order valence-corrected chi connectivity index (χ3v) is 8.54. The van der Waals surface area contributed by atoms with Crippen molar-refractivity contribution in [2.45, 2.75) is 91.9 Å². The van der Waals surface area contributed by atoms with Gasteiger partial charge in [-0.1, -0.05) is 60.5 Å². The molecule has 0 amide bonds. The molecule has 2 fully saturated rings. The van der Waals surface area contributed by atoms with E-state index in [0.29, 0.717) is 46.6 Å². The van der Waals surface area contributed by atoms with Crippen molar-refractivity contribution in [1.29, 1.82) is 0 Å². The monoisotopic (exact) mass is 442 g/mol. The summed E-state index contributed by atoms with van der Waals surface area (Å²) in [7, 11) is 0. The number of carboxylic acids is 2. The molecule has 1 aromatic carbocycles. The minimum absolute atomic E-state index is 0.0191. The van der Waals surface area contributed by atoms with E-state index in [-0.39, 0.29) is 17.4 Å². The summed E-state index contributed by atoms with van der Waals surface area (Å²) in [5, 5.41) is 20.6. The second kappa shape index (κ2) is 9.97. The predicted octanol–water partition coefficient (Wildman–Crippen LogP) is 7.43. The van der Waals surface area contributed by atoms with Crippen LogP contribution in [-0.2, 0) is 0 Å². The van der Waals surface area contributed by atoms with Gasteiger partial charge in [-0.3, -0.25) is 0 Å². The Morgan fingerprint density at radius 2 is 1.28 bits per heavy atom. The first-order valence-corrected chi connectivity index (χ1v) is 12.7. The molecule has 4 nitrogen and oxygen atoms in total. The molecule has 32 heavy (non-hydrogen) atoms. The Morgan fingerprint density at radius 1 is 0.781 bits per heavy atom. The molecule has 0 bridgehead atoms. The van der Waals surface area contributed by atoms with Crippen LogP contribution in [-0.4, -0.2) is 22.2 Å². The fourth-order valence-electron chi connectivity index (χ4n) is 6.85. The topological polar surface area (TPSA) is 74.6 Å². The Balaban J connectivity index is 2.25. The highest BCUT2D eigenvalue weighted by atomic mass is 16.4. The first-order valence-electron chi connectivity index (χ1n) is 12.7. The van der Waals surface area contributed by atoms with Gasteiger partial charge in [0.2, 0.25) is 0 Å². The number of hydrogen-bond donors (Lipinski definition) is 2. The molecule has 0 aromatic heterocycles. The normalized spacial score (nSPS) is 31.1. The largest absolute Gasteiger partial charge is 0.478 e.